The number of hydrogen-bond donors (Lipinski definition) is 2. The lowest BCUT2D eigenvalue weighted by atomic mass is 9.81. The lowest BCUT2D eigenvalue weighted by Gasteiger charge is -2.33. The molecule has 2 saturated heterocycles. The normalized spacial score (nSPS) is 24.6. The molecule has 1 aromatic heterocycles. The van der Waals surface area contributed by atoms with E-state index in [1.54, 1.807) is 29.1 Å². The number of piperidine rings is 1. The minimum atomic E-state index is -1.33. The van der Waals surface area contributed by atoms with Crippen molar-refractivity contribution in [2.75, 3.05) is 25.4 Å². The van der Waals surface area contributed by atoms with Crippen molar-refractivity contribution in [1.82, 2.24) is 14.9 Å². The Morgan fingerprint density at radius 3 is 2.52 bits per heavy atom. The lowest BCUT2D eigenvalue weighted by Crippen LogP contribution is -2.46. The van der Waals surface area contributed by atoms with E-state index in [1.165, 1.54) is 0 Å². The SMILES string of the molecule is CC1(C)OB(c2cnc(SC[C@H]3CCCN(C(=O)[C@H](O)CO)C3)nc2)OC1(C)C. The van der Waals surface area contributed by atoms with Gasteiger partial charge in [-0.3, -0.25) is 4.79 Å². The quantitative estimate of drug-likeness (QED) is 0.386. The number of aromatic nitrogens is 2. The summed E-state index contributed by atoms with van der Waals surface area (Å²) in [6.07, 6.45) is 4.05. The van der Waals surface area contributed by atoms with Gasteiger partial charge in [0.2, 0.25) is 0 Å². The van der Waals surface area contributed by atoms with E-state index in [0.29, 0.717) is 24.2 Å². The second-order valence-corrected chi connectivity index (χ2v) is 9.68. The summed E-state index contributed by atoms with van der Waals surface area (Å²) in [4.78, 5) is 22.6. The molecular weight excluding hydrogens is 393 g/mol. The molecule has 1 amide bonds. The fourth-order valence-electron chi connectivity index (χ4n) is 3.38. The minimum absolute atomic E-state index is 0.301. The molecule has 0 aliphatic carbocycles. The average molecular weight is 423 g/mol. The Balaban J connectivity index is 1.52. The zero-order chi connectivity index (χ0) is 21.2. The summed E-state index contributed by atoms with van der Waals surface area (Å²) in [6, 6.07) is 0. The second kappa shape index (κ2) is 8.89. The van der Waals surface area contributed by atoms with E-state index >= 15 is 0 Å². The van der Waals surface area contributed by atoms with E-state index in [9.17, 15) is 9.90 Å². The molecule has 160 valence electrons. The van der Waals surface area contributed by atoms with Gasteiger partial charge in [-0.25, -0.2) is 9.97 Å². The number of amides is 1. The van der Waals surface area contributed by atoms with Crippen LogP contribution in [0.5, 0.6) is 0 Å². The summed E-state index contributed by atoms with van der Waals surface area (Å²) in [7, 11) is -0.477. The Hall–Kier alpha value is -1.20. The van der Waals surface area contributed by atoms with Crippen molar-refractivity contribution in [3.05, 3.63) is 12.4 Å². The summed E-state index contributed by atoms with van der Waals surface area (Å²) >= 11 is 1.55. The summed E-state index contributed by atoms with van der Waals surface area (Å²) in [5.74, 6) is 0.689. The number of carbonyl (C=O) groups is 1. The standard InChI is InChI=1S/C19H30BN3O5S/c1-18(2)19(3,4)28-20(27-18)14-8-21-17(22-9-14)29-12-13-6-5-7-23(10-13)16(26)15(25)11-24/h8-9,13,15,24-25H,5-7,10-12H2,1-4H3/t13-,15+/m0/s1. The molecule has 2 atom stereocenters. The molecule has 0 radical (unpaired) electrons. The Morgan fingerprint density at radius 1 is 1.31 bits per heavy atom. The molecule has 0 unspecified atom stereocenters. The molecule has 2 fully saturated rings. The van der Waals surface area contributed by atoms with E-state index in [0.717, 1.165) is 24.1 Å². The van der Waals surface area contributed by atoms with Gasteiger partial charge in [0.15, 0.2) is 11.3 Å². The van der Waals surface area contributed by atoms with E-state index in [1.807, 2.05) is 27.7 Å². The van der Waals surface area contributed by atoms with Crippen molar-refractivity contribution in [3.8, 4) is 0 Å². The van der Waals surface area contributed by atoms with Gasteiger partial charge in [-0.1, -0.05) is 11.8 Å². The molecule has 0 spiro atoms. The van der Waals surface area contributed by atoms with E-state index < -0.39 is 36.9 Å². The van der Waals surface area contributed by atoms with Crippen molar-refractivity contribution in [1.29, 1.82) is 0 Å². The zero-order valence-electron chi connectivity index (χ0n) is 17.5. The molecule has 8 nitrogen and oxygen atoms in total. The molecule has 2 aliphatic rings. The van der Waals surface area contributed by atoms with Gasteiger partial charge in [0.25, 0.3) is 5.91 Å². The number of hydrogen-bond acceptors (Lipinski definition) is 8. The van der Waals surface area contributed by atoms with E-state index in [-0.39, 0.29) is 0 Å². The number of nitrogens with zero attached hydrogens (tertiary/aromatic N) is 3. The smallest absolute Gasteiger partial charge is 0.399 e. The first kappa shape index (κ1) is 22.5. The van der Waals surface area contributed by atoms with Crippen LogP contribution in [0.1, 0.15) is 40.5 Å². The van der Waals surface area contributed by atoms with Gasteiger partial charge in [0, 0.05) is 36.7 Å². The summed E-state index contributed by atoms with van der Waals surface area (Å²) in [6.45, 7) is 8.69. The van der Waals surface area contributed by atoms with Crippen LogP contribution in [-0.2, 0) is 14.1 Å². The van der Waals surface area contributed by atoms with Crippen molar-refractivity contribution < 1.29 is 24.3 Å². The van der Waals surface area contributed by atoms with Crippen LogP contribution in [0.15, 0.2) is 17.6 Å². The van der Waals surface area contributed by atoms with Crippen molar-refractivity contribution in [2.45, 2.75) is 63.0 Å². The van der Waals surface area contributed by atoms with Gasteiger partial charge < -0.3 is 24.4 Å². The number of thioether (sulfide) groups is 1. The highest BCUT2D eigenvalue weighted by Crippen LogP contribution is 2.36. The highest BCUT2D eigenvalue weighted by atomic mass is 32.2. The maximum absolute atomic E-state index is 12.1. The molecule has 2 aliphatic heterocycles. The van der Waals surface area contributed by atoms with Crippen molar-refractivity contribution in [2.24, 2.45) is 5.92 Å². The van der Waals surface area contributed by atoms with Gasteiger partial charge in [0.1, 0.15) is 0 Å². The number of likely N-dealkylation sites (tertiary alicyclic amines) is 1. The summed E-state index contributed by atoms with van der Waals surface area (Å²) in [5, 5.41) is 19.2. The molecule has 3 rings (SSSR count). The fraction of sp³-hybridized carbons (Fsp3) is 0.737. The molecule has 0 aromatic carbocycles. The van der Waals surface area contributed by atoms with Crippen LogP contribution >= 0.6 is 11.8 Å². The van der Waals surface area contributed by atoms with Gasteiger partial charge in [-0.05, 0) is 46.5 Å². The first-order chi connectivity index (χ1) is 13.6. The maximum Gasteiger partial charge on any atom is 0.498 e. The largest absolute Gasteiger partial charge is 0.498 e. The Labute approximate surface area is 176 Å². The van der Waals surface area contributed by atoms with E-state index in [4.69, 9.17) is 14.4 Å². The van der Waals surface area contributed by atoms with Crippen molar-refractivity contribution >= 4 is 30.3 Å². The van der Waals surface area contributed by atoms with Crippen LogP contribution in [0.25, 0.3) is 0 Å². The first-order valence-corrected chi connectivity index (χ1v) is 11.0. The van der Waals surface area contributed by atoms with Gasteiger partial charge in [-0.15, -0.1) is 0 Å². The molecule has 1 aromatic rings. The first-order valence-electron chi connectivity index (χ1n) is 10.0. The van der Waals surface area contributed by atoms with Crippen LogP contribution in [0.2, 0.25) is 0 Å². The Kier molecular flexibility index (Phi) is 6.90. The van der Waals surface area contributed by atoms with E-state index in [2.05, 4.69) is 9.97 Å². The molecule has 10 heteroatoms. The molecule has 0 saturated carbocycles. The van der Waals surface area contributed by atoms with Crippen LogP contribution in [0.4, 0.5) is 0 Å². The van der Waals surface area contributed by atoms with Gasteiger partial charge in [0.05, 0.1) is 17.8 Å². The Bertz CT molecular complexity index is 702. The highest BCUT2D eigenvalue weighted by Gasteiger charge is 2.51. The summed E-state index contributed by atoms with van der Waals surface area (Å²) < 4.78 is 12.0. The highest BCUT2D eigenvalue weighted by molar-refractivity contribution is 7.99. The van der Waals surface area contributed by atoms with Crippen LogP contribution in [-0.4, -0.2) is 80.9 Å². The topological polar surface area (TPSA) is 105 Å². The Morgan fingerprint density at radius 2 is 1.93 bits per heavy atom. The number of aliphatic hydroxyl groups excluding tert-OH is 2. The summed E-state index contributed by atoms with van der Waals surface area (Å²) in [5.41, 5.74) is -0.0155. The molecule has 0 bridgehead atoms. The number of rotatable bonds is 6. The predicted octanol–water partition coefficient (Wildman–Crippen LogP) is 0.460. The maximum atomic E-state index is 12.1. The molecular formula is C19H30BN3O5S. The fourth-order valence-corrected chi connectivity index (χ4v) is 4.30. The van der Waals surface area contributed by atoms with Crippen molar-refractivity contribution in [3.63, 3.8) is 0 Å². The zero-order valence-corrected chi connectivity index (χ0v) is 18.3. The number of aliphatic hydroxyl groups is 2. The molecule has 3 heterocycles. The minimum Gasteiger partial charge on any atom is -0.399 e. The van der Waals surface area contributed by atoms with Crippen LogP contribution < -0.4 is 5.46 Å². The number of carbonyl (C=O) groups excluding carboxylic acids is 1. The third-order valence-electron chi connectivity index (χ3n) is 5.91. The average Bonchev–Trinajstić information content (AvgIpc) is 2.93. The van der Waals surface area contributed by atoms with Crippen LogP contribution in [0, 0.1) is 5.92 Å². The van der Waals surface area contributed by atoms with Gasteiger partial charge in [-0.2, -0.15) is 0 Å². The second-order valence-electron chi connectivity index (χ2n) is 8.69. The third-order valence-corrected chi connectivity index (χ3v) is 7.02. The predicted molar refractivity (Wildman–Crippen MR) is 111 cm³/mol. The van der Waals surface area contributed by atoms with Crippen LogP contribution in [0.3, 0.4) is 0 Å². The molecule has 29 heavy (non-hydrogen) atoms. The van der Waals surface area contributed by atoms with Gasteiger partial charge >= 0.3 is 7.12 Å². The molecule has 2 N–H and O–H groups in total. The third kappa shape index (κ3) is 5.11. The monoisotopic (exact) mass is 423 g/mol. The lowest BCUT2D eigenvalue weighted by molar-refractivity contribution is -0.143.